The molecule has 0 radical (unpaired) electrons. The molecular formula is C20H23N4O+. The Kier molecular flexibility index (Phi) is 4.48. The molecule has 128 valence electrons. The van der Waals surface area contributed by atoms with Crippen molar-refractivity contribution >= 4 is 11.6 Å². The molecule has 2 aromatic heterocycles. The van der Waals surface area contributed by atoms with Crippen molar-refractivity contribution in [2.75, 3.05) is 13.1 Å². The van der Waals surface area contributed by atoms with Gasteiger partial charge in [-0.25, -0.2) is 4.98 Å². The SMILES string of the molecule is O=C(NCc1ccccc1C[NH+]1CCCC1)c1cn2ccccc2n1. The number of aromatic nitrogens is 2. The van der Waals surface area contributed by atoms with Gasteiger partial charge < -0.3 is 14.6 Å². The van der Waals surface area contributed by atoms with E-state index in [1.54, 1.807) is 11.1 Å². The van der Waals surface area contributed by atoms with E-state index in [0.717, 1.165) is 12.2 Å². The maximum atomic E-state index is 12.5. The van der Waals surface area contributed by atoms with Gasteiger partial charge in [-0.05, 0) is 17.7 Å². The Morgan fingerprint density at radius 1 is 1.08 bits per heavy atom. The third-order valence-corrected chi connectivity index (χ3v) is 4.91. The summed E-state index contributed by atoms with van der Waals surface area (Å²) in [4.78, 5) is 18.5. The lowest BCUT2D eigenvalue weighted by Gasteiger charge is -2.15. The van der Waals surface area contributed by atoms with Crippen molar-refractivity contribution in [2.45, 2.75) is 25.9 Å². The van der Waals surface area contributed by atoms with E-state index in [-0.39, 0.29) is 5.91 Å². The molecule has 3 aromatic rings. The summed E-state index contributed by atoms with van der Waals surface area (Å²) in [6, 6.07) is 14.1. The number of rotatable bonds is 5. The number of carbonyl (C=O) groups excluding carboxylic acids is 1. The molecule has 5 heteroatoms. The minimum Gasteiger partial charge on any atom is -0.347 e. The van der Waals surface area contributed by atoms with Crippen LogP contribution in [0.4, 0.5) is 0 Å². The molecule has 0 bridgehead atoms. The first-order chi connectivity index (χ1) is 12.3. The highest BCUT2D eigenvalue weighted by molar-refractivity contribution is 5.92. The van der Waals surface area contributed by atoms with Crippen LogP contribution < -0.4 is 10.2 Å². The number of hydrogen-bond acceptors (Lipinski definition) is 2. The summed E-state index contributed by atoms with van der Waals surface area (Å²) < 4.78 is 1.86. The van der Waals surface area contributed by atoms with E-state index >= 15 is 0 Å². The fraction of sp³-hybridized carbons (Fsp3) is 0.300. The number of quaternary nitrogens is 1. The molecule has 1 aliphatic heterocycles. The molecule has 1 fully saturated rings. The minimum absolute atomic E-state index is 0.132. The number of amides is 1. The van der Waals surface area contributed by atoms with E-state index in [2.05, 4.69) is 28.5 Å². The van der Waals surface area contributed by atoms with Crippen LogP contribution in [0.15, 0.2) is 54.9 Å². The average molecular weight is 335 g/mol. The second-order valence-corrected chi connectivity index (χ2v) is 6.68. The largest absolute Gasteiger partial charge is 0.347 e. The Labute approximate surface area is 147 Å². The maximum absolute atomic E-state index is 12.5. The van der Waals surface area contributed by atoms with Gasteiger partial charge in [0.25, 0.3) is 5.91 Å². The van der Waals surface area contributed by atoms with Gasteiger partial charge >= 0.3 is 0 Å². The highest BCUT2D eigenvalue weighted by Gasteiger charge is 2.17. The summed E-state index contributed by atoms with van der Waals surface area (Å²) in [6.45, 7) is 4.08. The standard InChI is InChI=1S/C20H22N4O/c25-20(18-15-24-12-4-3-9-19(24)22-18)21-13-16-7-1-2-8-17(16)14-23-10-5-6-11-23/h1-4,7-9,12,15H,5-6,10-11,13-14H2,(H,21,25)/p+1. The first-order valence-electron chi connectivity index (χ1n) is 8.92. The Morgan fingerprint density at radius 2 is 1.84 bits per heavy atom. The number of benzene rings is 1. The number of carbonyl (C=O) groups is 1. The summed E-state index contributed by atoms with van der Waals surface area (Å²) in [7, 11) is 0. The van der Waals surface area contributed by atoms with Crippen LogP contribution in [0.1, 0.15) is 34.5 Å². The summed E-state index contributed by atoms with van der Waals surface area (Å²) in [6.07, 6.45) is 6.31. The van der Waals surface area contributed by atoms with E-state index in [4.69, 9.17) is 0 Å². The zero-order valence-corrected chi connectivity index (χ0v) is 14.2. The number of hydrogen-bond donors (Lipinski definition) is 2. The van der Waals surface area contributed by atoms with Gasteiger partial charge in [0.05, 0.1) is 13.1 Å². The number of imidazole rings is 1. The zero-order valence-electron chi connectivity index (χ0n) is 14.2. The van der Waals surface area contributed by atoms with Crippen molar-refractivity contribution in [1.82, 2.24) is 14.7 Å². The molecule has 5 nitrogen and oxygen atoms in total. The molecule has 3 heterocycles. The van der Waals surface area contributed by atoms with Gasteiger partial charge in [0.1, 0.15) is 17.9 Å². The van der Waals surface area contributed by atoms with Gasteiger partial charge in [-0.2, -0.15) is 0 Å². The van der Waals surface area contributed by atoms with E-state index < -0.39 is 0 Å². The highest BCUT2D eigenvalue weighted by atomic mass is 16.1. The van der Waals surface area contributed by atoms with Gasteiger partial charge in [0.15, 0.2) is 0 Å². The normalized spacial score (nSPS) is 14.9. The molecule has 1 saturated heterocycles. The summed E-state index contributed by atoms with van der Waals surface area (Å²) in [5.41, 5.74) is 3.76. The lowest BCUT2D eigenvalue weighted by Crippen LogP contribution is -3.08. The molecule has 0 spiro atoms. The van der Waals surface area contributed by atoms with E-state index in [0.29, 0.717) is 12.2 Å². The number of pyridine rings is 1. The van der Waals surface area contributed by atoms with Crippen LogP contribution in [0.3, 0.4) is 0 Å². The van der Waals surface area contributed by atoms with Crippen LogP contribution in [0.5, 0.6) is 0 Å². The quantitative estimate of drug-likeness (QED) is 0.741. The number of fused-ring (bicyclic) bond motifs is 1. The van der Waals surface area contributed by atoms with Gasteiger partial charge in [0.2, 0.25) is 0 Å². The number of nitrogens with zero attached hydrogens (tertiary/aromatic N) is 2. The van der Waals surface area contributed by atoms with E-state index in [1.807, 2.05) is 34.9 Å². The van der Waals surface area contributed by atoms with E-state index in [1.165, 1.54) is 37.1 Å². The third kappa shape index (κ3) is 3.56. The number of likely N-dealkylation sites (tertiary alicyclic amines) is 1. The summed E-state index contributed by atoms with van der Waals surface area (Å²) >= 11 is 0. The zero-order chi connectivity index (χ0) is 17.1. The fourth-order valence-electron chi connectivity index (χ4n) is 3.53. The molecule has 0 aliphatic carbocycles. The third-order valence-electron chi connectivity index (χ3n) is 4.91. The molecule has 4 rings (SSSR count). The molecule has 0 atom stereocenters. The Morgan fingerprint density at radius 3 is 2.64 bits per heavy atom. The van der Waals surface area contributed by atoms with Crippen molar-refractivity contribution in [2.24, 2.45) is 0 Å². The fourth-order valence-corrected chi connectivity index (χ4v) is 3.53. The number of nitrogens with one attached hydrogen (secondary N) is 2. The lowest BCUT2D eigenvalue weighted by molar-refractivity contribution is -0.901. The Hall–Kier alpha value is -2.66. The van der Waals surface area contributed by atoms with Crippen LogP contribution >= 0.6 is 0 Å². The smallest absolute Gasteiger partial charge is 0.271 e. The van der Waals surface area contributed by atoms with Gasteiger partial charge in [-0.3, -0.25) is 4.79 Å². The molecule has 1 aliphatic rings. The monoisotopic (exact) mass is 335 g/mol. The summed E-state index contributed by atoms with van der Waals surface area (Å²) in [5, 5.41) is 3.02. The van der Waals surface area contributed by atoms with Crippen molar-refractivity contribution in [3.63, 3.8) is 0 Å². The Bertz CT molecular complexity index is 847. The molecule has 1 amide bonds. The van der Waals surface area contributed by atoms with Crippen molar-refractivity contribution in [3.05, 3.63) is 71.7 Å². The lowest BCUT2D eigenvalue weighted by atomic mass is 10.1. The van der Waals surface area contributed by atoms with Crippen LogP contribution in [0.25, 0.3) is 5.65 Å². The van der Waals surface area contributed by atoms with Crippen LogP contribution in [-0.2, 0) is 13.1 Å². The summed E-state index contributed by atoms with van der Waals surface area (Å²) in [5.74, 6) is -0.132. The van der Waals surface area contributed by atoms with E-state index in [9.17, 15) is 4.79 Å². The van der Waals surface area contributed by atoms with Crippen LogP contribution in [-0.4, -0.2) is 28.4 Å². The second kappa shape index (κ2) is 7.07. The maximum Gasteiger partial charge on any atom is 0.271 e. The highest BCUT2D eigenvalue weighted by Crippen LogP contribution is 2.09. The molecule has 0 unspecified atom stereocenters. The first kappa shape index (κ1) is 15.8. The molecule has 0 saturated carbocycles. The van der Waals surface area contributed by atoms with Crippen molar-refractivity contribution in [1.29, 1.82) is 0 Å². The predicted octanol–water partition coefficient (Wildman–Crippen LogP) is 1.44. The first-order valence-corrected chi connectivity index (χ1v) is 8.92. The van der Waals surface area contributed by atoms with Gasteiger partial charge in [-0.15, -0.1) is 0 Å². The van der Waals surface area contributed by atoms with Crippen LogP contribution in [0.2, 0.25) is 0 Å². The second-order valence-electron chi connectivity index (χ2n) is 6.68. The van der Waals surface area contributed by atoms with Crippen molar-refractivity contribution < 1.29 is 9.69 Å². The molecular weight excluding hydrogens is 312 g/mol. The molecule has 2 N–H and O–H groups in total. The Balaban J connectivity index is 1.44. The van der Waals surface area contributed by atoms with Gasteiger partial charge in [0, 0.05) is 37.3 Å². The molecule has 1 aromatic carbocycles. The van der Waals surface area contributed by atoms with Crippen LogP contribution in [0, 0.1) is 0 Å². The van der Waals surface area contributed by atoms with Crippen molar-refractivity contribution in [3.8, 4) is 0 Å². The van der Waals surface area contributed by atoms with Gasteiger partial charge in [-0.1, -0.05) is 30.3 Å². The average Bonchev–Trinajstić information content (AvgIpc) is 3.30. The molecule has 25 heavy (non-hydrogen) atoms. The predicted molar refractivity (Wildman–Crippen MR) is 96.4 cm³/mol. The topological polar surface area (TPSA) is 50.8 Å². The minimum atomic E-state index is -0.132.